The van der Waals surface area contributed by atoms with Gasteiger partial charge in [-0.15, -0.1) is 0 Å². The molecule has 1 amide bonds. The monoisotopic (exact) mass is 428 g/mol. The van der Waals surface area contributed by atoms with Gasteiger partial charge in [0.15, 0.2) is 0 Å². The van der Waals surface area contributed by atoms with E-state index in [1.54, 1.807) is 4.57 Å². The molecule has 2 aromatic rings. The first-order valence-electron chi connectivity index (χ1n) is 10.6. The van der Waals surface area contributed by atoms with Crippen LogP contribution >= 0.6 is 0 Å². The number of nitrogens with one attached hydrogen (secondary N) is 1. The van der Waals surface area contributed by atoms with Crippen LogP contribution in [0.15, 0.2) is 32.9 Å². The Bertz CT molecular complexity index is 1140. The van der Waals surface area contributed by atoms with E-state index < -0.39 is 10.8 Å². The quantitative estimate of drug-likeness (QED) is 0.647. The lowest BCUT2D eigenvalue weighted by Gasteiger charge is -2.31. The lowest BCUT2D eigenvalue weighted by molar-refractivity contribution is -0.132. The van der Waals surface area contributed by atoms with E-state index in [0.29, 0.717) is 42.1 Å². The minimum Gasteiger partial charge on any atom is -0.343 e. The summed E-state index contributed by atoms with van der Waals surface area (Å²) in [6.45, 7) is 4.27. The molecule has 1 unspecified atom stereocenters. The molecule has 0 spiro atoms. The van der Waals surface area contributed by atoms with Crippen LogP contribution in [0.25, 0.3) is 6.58 Å². The first-order valence-corrected chi connectivity index (χ1v) is 11.9. The molecule has 0 radical (unpaired) electrons. The highest BCUT2D eigenvalue weighted by molar-refractivity contribution is 7.85. The summed E-state index contributed by atoms with van der Waals surface area (Å²) in [7, 11) is 0.722. The average molecular weight is 429 g/mol. The lowest BCUT2D eigenvalue weighted by Crippen LogP contribution is -2.38. The van der Waals surface area contributed by atoms with E-state index in [4.69, 9.17) is 0 Å². The maximum Gasteiger partial charge on any atom is 0.274 e. The Morgan fingerprint density at radius 3 is 2.87 bits per heavy atom. The molecular weight excluding hydrogens is 400 g/mol. The Labute approximate surface area is 178 Å². The number of H-pyrrole nitrogens is 1. The molecule has 1 aromatic heterocycles. The van der Waals surface area contributed by atoms with Gasteiger partial charge in [0.1, 0.15) is 5.35 Å². The summed E-state index contributed by atoms with van der Waals surface area (Å²) in [6.07, 6.45) is 6.89. The summed E-state index contributed by atoms with van der Waals surface area (Å²) in [6, 6.07) is 5.90. The van der Waals surface area contributed by atoms with Crippen molar-refractivity contribution in [2.24, 2.45) is 4.99 Å². The smallest absolute Gasteiger partial charge is 0.274 e. The fraction of sp³-hybridized carbons (Fsp3) is 0.500. The second-order valence-electron chi connectivity index (χ2n) is 8.16. The van der Waals surface area contributed by atoms with E-state index in [1.807, 2.05) is 30.1 Å². The number of fused-ring (bicyclic) bond motifs is 2. The highest BCUT2D eigenvalue weighted by Crippen LogP contribution is 2.25. The minimum absolute atomic E-state index is 0.149. The first-order chi connectivity index (χ1) is 14.4. The number of rotatable bonds is 6. The van der Waals surface area contributed by atoms with Gasteiger partial charge in [-0.1, -0.05) is 25.8 Å². The zero-order chi connectivity index (χ0) is 21.3. The van der Waals surface area contributed by atoms with Crippen LogP contribution in [0.5, 0.6) is 0 Å². The van der Waals surface area contributed by atoms with Crippen LogP contribution in [-0.4, -0.2) is 43.4 Å². The maximum absolute atomic E-state index is 12.8. The normalized spacial score (nSPS) is 17.0. The van der Waals surface area contributed by atoms with Crippen molar-refractivity contribution in [1.29, 1.82) is 0 Å². The largest absolute Gasteiger partial charge is 0.343 e. The SMILES string of the molecule is C=c1c(=O)[nH]c2n1Cc1cc(S(=O)CCCC(=O)N(C)C3CCCCC3)ccc1N=2. The highest BCUT2D eigenvalue weighted by atomic mass is 32.2. The number of aromatic amines is 1. The van der Waals surface area contributed by atoms with Crippen molar-refractivity contribution < 1.29 is 9.00 Å². The van der Waals surface area contributed by atoms with Gasteiger partial charge in [0.25, 0.3) is 5.56 Å². The van der Waals surface area contributed by atoms with Gasteiger partial charge in [-0.05, 0) is 43.0 Å². The number of hydrogen-bond acceptors (Lipinski definition) is 4. The van der Waals surface area contributed by atoms with Gasteiger partial charge in [0.05, 0.1) is 23.0 Å². The molecule has 8 heteroatoms. The zero-order valence-electron chi connectivity index (χ0n) is 17.4. The number of nitrogens with zero attached hydrogens (tertiary/aromatic N) is 3. The van der Waals surface area contributed by atoms with Crippen LogP contribution < -0.4 is 16.5 Å². The van der Waals surface area contributed by atoms with Gasteiger partial charge in [0, 0.05) is 30.2 Å². The molecule has 1 aliphatic heterocycles. The highest BCUT2D eigenvalue weighted by Gasteiger charge is 2.22. The predicted molar refractivity (Wildman–Crippen MR) is 117 cm³/mol. The second-order valence-corrected chi connectivity index (χ2v) is 9.73. The molecule has 0 saturated heterocycles. The predicted octanol–water partition coefficient (Wildman–Crippen LogP) is 1.58. The van der Waals surface area contributed by atoms with Gasteiger partial charge >= 0.3 is 0 Å². The third-order valence-electron chi connectivity index (χ3n) is 6.17. The fourth-order valence-electron chi connectivity index (χ4n) is 4.29. The average Bonchev–Trinajstić information content (AvgIpc) is 3.04. The molecule has 1 saturated carbocycles. The summed E-state index contributed by atoms with van der Waals surface area (Å²) in [5.41, 5.74) is 1.93. The van der Waals surface area contributed by atoms with E-state index in [0.717, 1.165) is 29.0 Å². The Kier molecular flexibility index (Phi) is 6.04. The lowest BCUT2D eigenvalue weighted by atomic mass is 9.94. The molecule has 1 N–H and O–H groups in total. The minimum atomic E-state index is -1.18. The zero-order valence-corrected chi connectivity index (χ0v) is 18.2. The van der Waals surface area contributed by atoms with Crippen LogP contribution in [0.3, 0.4) is 0 Å². The van der Waals surface area contributed by atoms with Crippen LogP contribution in [0.2, 0.25) is 0 Å². The number of imidazole rings is 1. The molecule has 160 valence electrons. The van der Waals surface area contributed by atoms with E-state index in [2.05, 4.69) is 16.6 Å². The van der Waals surface area contributed by atoms with Crippen LogP contribution in [-0.2, 0) is 22.1 Å². The fourth-order valence-corrected chi connectivity index (χ4v) is 5.43. The van der Waals surface area contributed by atoms with Crippen molar-refractivity contribution in [3.63, 3.8) is 0 Å². The summed E-state index contributed by atoms with van der Waals surface area (Å²) in [4.78, 5) is 34.0. The molecule has 1 aromatic carbocycles. The molecule has 2 heterocycles. The van der Waals surface area contributed by atoms with Crippen molar-refractivity contribution in [2.75, 3.05) is 12.8 Å². The standard InChI is InChI=1S/C22H28N4O3S/c1-15-21(28)24-22-23-19-11-10-18(13-16(19)14-26(15)22)30(29)12-6-9-20(27)25(2)17-7-4-3-5-8-17/h10-11,13,17H,1,3-9,12,14H2,2H3,(H,23,24,28). The van der Waals surface area contributed by atoms with Crippen LogP contribution in [0.1, 0.15) is 50.5 Å². The molecule has 1 aliphatic carbocycles. The molecule has 0 bridgehead atoms. The van der Waals surface area contributed by atoms with Crippen molar-refractivity contribution in [1.82, 2.24) is 14.5 Å². The van der Waals surface area contributed by atoms with Gasteiger partial charge in [-0.2, -0.15) is 0 Å². The third kappa shape index (κ3) is 4.19. The number of carbonyl (C=O) groups is 1. The number of amides is 1. The molecular formula is C22H28N4O3S. The van der Waals surface area contributed by atoms with E-state index in [-0.39, 0.29) is 11.5 Å². The topological polar surface area (TPSA) is 87.5 Å². The van der Waals surface area contributed by atoms with Crippen molar-refractivity contribution in [3.05, 3.63) is 45.1 Å². The molecule has 2 aliphatic rings. The number of carbonyl (C=O) groups excluding carboxylic acids is 1. The maximum atomic E-state index is 12.8. The number of hydrogen-bond donors (Lipinski definition) is 1. The number of benzene rings is 1. The van der Waals surface area contributed by atoms with Crippen molar-refractivity contribution in [3.8, 4) is 0 Å². The Hall–Kier alpha value is -2.48. The van der Waals surface area contributed by atoms with Crippen LogP contribution in [0, 0.1) is 0 Å². The molecule has 4 rings (SSSR count). The van der Waals surface area contributed by atoms with Crippen molar-refractivity contribution in [2.45, 2.75) is 62.4 Å². The number of aromatic nitrogens is 2. The Balaban J connectivity index is 1.36. The second kappa shape index (κ2) is 8.71. The molecule has 7 nitrogen and oxygen atoms in total. The summed E-state index contributed by atoms with van der Waals surface area (Å²) >= 11 is 0. The molecule has 30 heavy (non-hydrogen) atoms. The van der Waals surface area contributed by atoms with Crippen molar-refractivity contribution >= 4 is 29.0 Å². The summed E-state index contributed by atoms with van der Waals surface area (Å²) < 4.78 is 14.5. The van der Waals surface area contributed by atoms with Gasteiger partial charge < -0.3 is 9.47 Å². The van der Waals surface area contributed by atoms with Gasteiger partial charge in [-0.25, -0.2) is 4.99 Å². The summed E-state index contributed by atoms with van der Waals surface area (Å²) in [5, 5.41) is 0.367. The molecule has 1 fully saturated rings. The van der Waals surface area contributed by atoms with Gasteiger partial charge in [0.2, 0.25) is 11.5 Å². The Morgan fingerprint density at radius 1 is 1.33 bits per heavy atom. The van der Waals surface area contributed by atoms with E-state index >= 15 is 0 Å². The first kappa shape index (κ1) is 20.8. The Morgan fingerprint density at radius 2 is 2.10 bits per heavy atom. The van der Waals surface area contributed by atoms with E-state index in [9.17, 15) is 13.8 Å². The van der Waals surface area contributed by atoms with Gasteiger partial charge in [-0.3, -0.25) is 18.8 Å². The van der Waals surface area contributed by atoms with E-state index in [1.165, 1.54) is 19.3 Å². The summed E-state index contributed by atoms with van der Waals surface area (Å²) in [5.74, 6) is 0.601. The van der Waals surface area contributed by atoms with Crippen LogP contribution in [0.4, 0.5) is 5.69 Å². The third-order valence-corrected chi connectivity index (χ3v) is 7.61. The molecule has 1 atom stereocenters.